The zero-order valence-electron chi connectivity index (χ0n) is 12.4. The number of nitro benzene ring substituents is 1. The summed E-state index contributed by atoms with van der Waals surface area (Å²) in [5.41, 5.74) is -0.316. The van der Waals surface area contributed by atoms with Gasteiger partial charge in [0.05, 0.1) is 30.9 Å². The molecule has 23 heavy (non-hydrogen) atoms. The van der Waals surface area contributed by atoms with Gasteiger partial charge in [0, 0.05) is 25.2 Å². The number of nitrogens with zero attached hydrogens (tertiary/aromatic N) is 2. The average Bonchev–Trinajstić information content (AvgIpc) is 2.53. The number of rotatable bonds is 7. The molecule has 0 saturated heterocycles. The monoisotopic (exact) mass is 327 g/mol. The molecular weight excluding hydrogens is 310 g/mol. The Bertz CT molecular complexity index is 585. The van der Waals surface area contributed by atoms with Crippen LogP contribution in [0.3, 0.4) is 0 Å². The van der Waals surface area contributed by atoms with Crippen molar-refractivity contribution in [1.29, 1.82) is 0 Å². The first-order valence-corrected chi connectivity index (χ1v) is 6.59. The molecule has 0 radical (unpaired) electrons. The Hall–Kier alpha value is -2.72. The lowest BCUT2D eigenvalue weighted by atomic mass is 10.2. The minimum atomic E-state index is -1.06. The minimum absolute atomic E-state index is 0.0343. The summed E-state index contributed by atoms with van der Waals surface area (Å²) in [4.78, 5) is 35.0. The van der Waals surface area contributed by atoms with Crippen molar-refractivity contribution in [3.8, 4) is 5.75 Å². The van der Waals surface area contributed by atoms with Crippen molar-refractivity contribution in [2.45, 2.75) is 0 Å². The Morgan fingerprint density at radius 2 is 1.91 bits per heavy atom. The summed E-state index contributed by atoms with van der Waals surface area (Å²) in [6.07, 6.45) is 0. The second-order valence-electron chi connectivity index (χ2n) is 4.34. The molecule has 1 aromatic carbocycles. The van der Waals surface area contributed by atoms with Gasteiger partial charge in [-0.05, 0) is 6.07 Å². The molecule has 10 heteroatoms. The first-order chi connectivity index (χ1) is 10.9. The SMILES string of the molecule is COc1ccc([N+](=O)[O-])cc1NC(=O)C(=O)N(CCO)CCO. The van der Waals surface area contributed by atoms with E-state index in [4.69, 9.17) is 14.9 Å². The summed E-state index contributed by atoms with van der Waals surface area (Å²) in [5.74, 6) is -1.90. The third kappa shape index (κ3) is 4.90. The van der Waals surface area contributed by atoms with E-state index in [0.717, 1.165) is 11.0 Å². The number of amides is 2. The number of carbonyl (C=O) groups excluding carboxylic acids is 2. The number of aliphatic hydroxyl groups excluding tert-OH is 2. The predicted octanol–water partition coefficient (Wildman–Crippen LogP) is -0.645. The van der Waals surface area contributed by atoms with E-state index in [0.29, 0.717) is 0 Å². The lowest BCUT2D eigenvalue weighted by Gasteiger charge is -2.20. The van der Waals surface area contributed by atoms with Crippen LogP contribution in [-0.2, 0) is 9.59 Å². The Morgan fingerprint density at radius 3 is 2.39 bits per heavy atom. The second-order valence-corrected chi connectivity index (χ2v) is 4.34. The van der Waals surface area contributed by atoms with Crippen LogP contribution in [0, 0.1) is 10.1 Å². The molecule has 1 rings (SSSR count). The normalized spacial score (nSPS) is 10.0. The van der Waals surface area contributed by atoms with Gasteiger partial charge in [0.25, 0.3) is 5.69 Å². The highest BCUT2D eigenvalue weighted by atomic mass is 16.6. The van der Waals surface area contributed by atoms with Crippen molar-refractivity contribution in [2.75, 3.05) is 38.7 Å². The summed E-state index contributed by atoms with van der Waals surface area (Å²) >= 11 is 0. The van der Waals surface area contributed by atoms with Crippen molar-refractivity contribution >= 4 is 23.2 Å². The number of aliphatic hydroxyl groups is 2. The predicted molar refractivity (Wildman–Crippen MR) is 79.0 cm³/mol. The molecule has 0 atom stereocenters. The topological polar surface area (TPSA) is 142 Å². The van der Waals surface area contributed by atoms with Gasteiger partial charge in [-0.25, -0.2) is 0 Å². The smallest absolute Gasteiger partial charge is 0.314 e. The number of benzene rings is 1. The van der Waals surface area contributed by atoms with Crippen LogP contribution < -0.4 is 10.1 Å². The molecule has 126 valence electrons. The Labute approximate surface area is 131 Å². The molecule has 0 heterocycles. The first kappa shape index (κ1) is 18.3. The molecule has 0 aromatic heterocycles. The van der Waals surface area contributed by atoms with Gasteiger partial charge >= 0.3 is 11.8 Å². The highest BCUT2D eigenvalue weighted by Crippen LogP contribution is 2.28. The molecule has 0 bridgehead atoms. The number of non-ortho nitro benzene ring substituents is 1. The number of hydrogen-bond acceptors (Lipinski definition) is 7. The van der Waals surface area contributed by atoms with Crippen LogP contribution in [0.25, 0.3) is 0 Å². The van der Waals surface area contributed by atoms with Crippen molar-refractivity contribution in [3.05, 3.63) is 28.3 Å². The maximum absolute atomic E-state index is 12.0. The van der Waals surface area contributed by atoms with Gasteiger partial charge in [0.15, 0.2) is 0 Å². The third-order valence-electron chi connectivity index (χ3n) is 2.86. The molecular formula is C13H17N3O7. The molecule has 1 aromatic rings. The van der Waals surface area contributed by atoms with Crippen LogP contribution in [0.1, 0.15) is 0 Å². The fourth-order valence-corrected chi connectivity index (χ4v) is 1.78. The lowest BCUT2D eigenvalue weighted by Crippen LogP contribution is -2.42. The highest BCUT2D eigenvalue weighted by molar-refractivity contribution is 6.39. The summed E-state index contributed by atoms with van der Waals surface area (Å²) in [6.45, 7) is -1.00. The van der Waals surface area contributed by atoms with Gasteiger partial charge in [0.2, 0.25) is 0 Å². The molecule has 0 unspecified atom stereocenters. The summed E-state index contributed by atoms with van der Waals surface area (Å²) < 4.78 is 4.97. The number of nitro groups is 1. The fourth-order valence-electron chi connectivity index (χ4n) is 1.78. The minimum Gasteiger partial charge on any atom is -0.495 e. The Morgan fingerprint density at radius 1 is 1.30 bits per heavy atom. The van der Waals surface area contributed by atoms with E-state index in [1.807, 2.05) is 0 Å². The van der Waals surface area contributed by atoms with Crippen molar-refractivity contribution < 1.29 is 29.5 Å². The molecule has 2 amide bonds. The Kier molecular flexibility index (Phi) is 6.90. The first-order valence-electron chi connectivity index (χ1n) is 6.59. The Balaban J connectivity index is 2.96. The van der Waals surface area contributed by atoms with Crippen LogP contribution in [-0.4, -0.2) is 65.3 Å². The number of ether oxygens (including phenoxy) is 1. The van der Waals surface area contributed by atoms with Gasteiger partial charge in [0.1, 0.15) is 5.75 Å². The highest BCUT2D eigenvalue weighted by Gasteiger charge is 2.23. The molecule has 3 N–H and O–H groups in total. The largest absolute Gasteiger partial charge is 0.495 e. The van der Waals surface area contributed by atoms with E-state index in [1.165, 1.54) is 19.2 Å². The summed E-state index contributed by atoms with van der Waals surface area (Å²) in [7, 11) is 1.31. The molecule has 0 aliphatic rings. The molecule has 0 spiro atoms. The molecule has 0 aliphatic carbocycles. The maximum Gasteiger partial charge on any atom is 0.314 e. The quantitative estimate of drug-likeness (QED) is 0.343. The average molecular weight is 327 g/mol. The van der Waals surface area contributed by atoms with E-state index >= 15 is 0 Å². The number of nitrogens with one attached hydrogen (secondary N) is 1. The summed E-state index contributed by atoms with van der Waals surface area (Å²) in [5, 5.41) is 30.7. The molecule has 0 aliphatic heterocycles. The van der Waals surface area contributed by atoms with E-state index in [9.17, 15) is 19.7 Å². The summed E-state index contributed by atoms with van der Waals surface area (Å²) in [6, 6.07) is 3.55. The van der Waals surface area contributed by atoms with Gasteiger partial charge in [-0.3, -0.25) is 19.7 Å². The molecule has 0 fully saturated rings. The van der Waals surface area contributed by atoms with Crippen molar-refractivity contribution in [2.24, 2.45) is 0 Å². The number of carbonyl (C=O) groups is 2. The fraction of sp³-hybridized carbons (Fsp3) is 0.385. The van der Waals surface area contributed by atoms with Crippen molar-refractivity contribution in [1.82, 2.24) is 4.90 Å². The van der Waals surface area contributed by atoms with Crippen LogP contribution >= 0.6 is 0 Å². The maximum atomic E-state index is 12.0. The van der Waals surface area contributed by atoms with E-state index in [2.05, 4.69) is 5.32 Å². The van der Waals surface area contributed by atoms with Crippen LogP contribution in [0.15, 0.2) is 18.2 Å². The van der Waals surface area contributed by atoms with Crippen LogP contribution in [0.5, 0.6) is 5.75 Å². The van der Waals surface area contributed by atoms with E-state index in [1.54, 1.807) is 0 Å². The van der Waals surface area contributed by atoms with Gasteiger partial charge < -0.3 is 25.2 Å². The van der Waals surface area contributed by atoms with Gasteiger partial charge in [-0.1, -0.05) is 0 Å². The number of anilines is 1. The zero-order chi connectivity index (χ0) is 17.4. The standard InChI is InChI=1S/C13H17N3O7/c1-23-11-3-2-9(16(21)22)8-10(11)14-12(19)13(20)15(4-6-17)5-7-18/h2-3,8,17-18H,4-7H2,1H3,(H,14,19). The van der Waals surface area contributed by atoms with Crippen LogP contribution in [0.2, 0.25) is 0 Å². The number of methoxy groups -OCH3 is 1. The molecule has 10 nitrogen and oxygen atoms in total. The number of hydrogen-bond donors (Lipinski definition) is 3. The molecule has 0 saturated carbocycles. The third-order valence-corrected chi connectivity index (χ3v) is 2.86. The van der Waals surface area contributed by atoms with Gasteiger partial charge in [-0.15, -0.1) is 0 Å². The second kappa shape index (κ2) is 8.66. The van der Waals surface area contributed by atoms with Crippen molar-refractivity contribution in [3.63, 3.8) is 0 Å². The van der Waals surface area contributed by atoms with Gasteiger partial charge in [-0.2, -0.15) is 0 Å². The zero-order valence-corrected chi connectivity index (χ0v) is 12.4. The van der Waals surface area contributed by atoms with Crippen LogP contribution in [0.4, 0.5) is 11.4 Å². The lowest BCUT2D eigenvalue weighted by molar-refractivity contribution is -0.384. The van der Waals surface area contributed by atoms with E-state index in [-0.39, 0.29) is 43.4 Å². The van der Waals surface area contributed by atoms with E-state index < -0.39 is 16.7 Å².